The molecular formula is C27H18F3N5O. The van der Waals surface area contributed by atoms with Crippen LogP contribution in [-0.2, 0) is 12.7 Å². The molecule has 0 unspecified atom stereocenters. The highest BCUT2D eigenvalue weighted by atomic mass is 19.4. The fourth-order valence-corrected chi connectivity index (χ4v) is 4.48. The van der Waals surface area contributed by atoms with Crippen molar-refractivity contribution in [3.8, 4) is 11.3 Å². The summed E-state index contributed by atoms with van der Waals surface area (Å²) in [5.74, 6) is 0. The number of para-hydroxylation sites is 1. The number of fused-ring (bicyclic) bond motifs is 4. The summed E-state index contributed by atoms with van der Waals surface area (Å²) in [5.41, 5.74) is 3.58. The summed E-state index contributed by atoms with van der Waals surface area (Å²) in [6.45, 7) is 0.260. The van der Waals surface area contributed by atoms with Gasteiger partial charge in [-0.2, -0.15) is 13.2 Å². The second-order valence-electron chi connectivity index (χ2n) is 8.64. The minimum absolute atomic E-state index is 0.106. The van der Waals surface area contributed by atoms with Crippen LogP contribution >= 0.6 is 0 Å². The van der Waals surface area contributed by atoms with Gasteiger partial charge in [-0.1, -0.05) is 24.3 Å². The number of alkyl halides is 3. The molecule has 5 aromatic rings. The van der Waals surface area contributed by atoms with E-state index >= 15 is 0 Å². The molecule has 9 heteroatoms. The molecule has 0 bridgehead atoms. The number of carbonyl (C=O) groups is 1. The normalized spacial score (nSPS) is 13.9. The van der Waals surface area contributed by atoms with Gasteiger partial charge in [0.05, 0.1) is 40.2 Å². The van der Waals surface area contributed by atoms with Gasteiger partial charge in [-0.15, -0.1) is 0 Å². The van der Waals surface area contributed by atoms with Crippen molar-refractivity contribution in [1.82, 2.24) is 19.9 Å². The number of benzene rings is 2. The van der Waals surface area contributed by atoms with Crippen LogP contribution in [0.4, 0.5) is 29.3 Å². The van der Waals surface area contributed by atoms with E-state index in [4.69, 9.17) is 4.98 Å². The number of anilines is 2. The third-order valence-electron chi connectivity index (χ3n) is 6.23. The summed E-state index contributed by atoms with van der Waals surface area (Å²) in [6.07, 6.45) is -1.18. The Hall–Kier alpha value is -4.53. The summed E-state index contributed by atoms with van der Waals surface area (Å²) >= 11 is 0. The largest absolute Gasteiger partial charge is 0.416 e. The van der Waals surface area contributed by atoms with Gasteiger partial charge in [0.25, 0.3) is 0 Å². The van der Waals surface area contributed by atoms with Gasteiger partial charge in [-0.05, 0) is 42.5 Å². The topological polar surface area (TPSA) is 62.2 Å². The van der Waals surface area contributed by atoms with Crippen molar-refractivity contribution < 1.29 is 18.0 Å². The number of halogens is 3. The van der Waals surface area contributed by atoms with Crippen molar-refractivity contribution in [3.05, 3.63) is 90.3 Å². The SMILES string of the molecule is CN1Cc2cnc3ccc(-c4cnc5ccccc5c4)nc3c2N(c2cccc(C(F)(F)F)c2)C1=O. The Balaban J connectivity index is 1.56. The minimum Gasteiger partial charge on any atom is -0.323 e. The number of carbonyl (C=O) groups excluding carboxylic acids is 1. The fourth-order valence-electron chi connectivity index (χ4n) is 4.48. The van der Waals surface area contributed by atoms with Gasteiger partial charge in [0.15, 0.2) is 0 Å². The fraction of sp³-hybridized carbons (Fsp3) is 0.111. The Morgan fingerprint density at radius 2 is 1.69 bits per heavy atom. The van der Waals surface area contributed by atoms with Crippen LogP contribution in [0.2, 0.25) is 0 Å². The second-order valence-corrected chi connectivity index (χ2v) is 8.64. The Bertz CT molecular complexity index is 1670. The maximum absolute atomic E-state index is 13.5. The van der Waals surface area contributed by atoms with Crippen LogP contribution in [0.1, 0.15) is 11.1 Å². The zero-order chi connectivity index (χ0) is 25.0. The van der Waals surface area contributed by atoms with E-state index < -0.39 is 17.8 Å². The van der Waals surface area contributed by atoms with Crippen molar-refractivity contribution in [2.45, 2.75) is 12.7 Å². The highest BCUT2D eigenvalue weighted by molar-refractivity contribution is 6.08. The zero-order valence-corrected chi connectivity index (χ0v) is 19.0. The molecule has 0 atom stereocenters. The lowest BCUT2D eigenvalue weighted by molar-refractivity contribution is -0.137. The number of hydrogen-bond donors (Lipinski definition) is 0. The van der Waals surface area contributed by atoms with Gasteiger partial charge in [-0.3, -0.25) is 14.9 Å². The summed E-state index contributed by atoms with van der Waals surface area (Å²) in [5, 5.41) is 0.951. The van der Waals surface area contributed by atoms with Crippen LogP contribution in [0.15, 0.2) is 79.1 Å². The summed E-state index contributed by atoms with van der Waals surface area (Å²) in [4.78, 5) is 29.9. The van der Waals surface area contributed by atoms with Crippen LogP contribution in [0.25, 0.3) is 33.2 Å². The lowest BCUT2D eigenvalue weighted by atomic mass is 10.1. The molecular weight excluding hydrogens is 467 g/mol. The Kier molecular flexibility index (Phi) is 4.89. The first kappa shape index (κ1) is 22.0. The molecule has 0 spiro atoms. The Labute approximate surface area is 203 Å². The van der Waals surface area contributed by atoms with E-state index in [0.717, 1.165) is 28.6 Å². The monoisotopic (exact) mass is 485 g/mol. The molecule has 1 aliphatic heterocycles. The lowest BCUT2D eigenvalue weighted by Crippen LogP contribution is -2.42. The van der Waals surface area contributed by atoms with E-state index in [1.165, 1.54) is 21.9 Å². The zero-order valence-electron chi connectivity index (χ0n) is 19.0. The second kappa shape index (κ2) is 8.01. The van der Waals surface area contributed by atoms with Crippen molar-refractivity contribution in [1.29, 1.82) is 0 Å². The standard InChI is InChI=1S/C27H18F3N5O/c1-34-15-18-14-32-23-10-9-22(17-11-16-5-2-3-8-21(16)31-13-17)33-24(23)25(18)35(26(34)36)20-7-4-6-19(12-20)27(28,29)30/h2-14H,15H2,1H3. The Morgan fingerprint density at radius 3 is 2.53 bits per heavy atom. The summed E-state index contributed by atoms with van der Waals surface area (Å²) < 4.78 is 40.4. The van der Waals surface area contributed by atoms with Crippen LogP contribution in [-0.4, -0.2) is 32.9 Å². The molecule has 1 aliphatic rings. The summed E-state index contributed by atoms with van der Waals surface area (Å²) in [7, 11) is 1.60. The quantitative estimate of drug-likeness (QED) is 0.284. The molecule has 6 nitrogen and oxygen atoms in total. The van der Waals surface area contributed by atoms with Crippen LogP contribution in [0.3, 0.4) is 0 Å². The maximum atomic E-state index is 13.5. The van der Waals surface area contributed by atoms with E-state index in [-0.39, 0.29) is 12.2 Å². The Morgan fingerprint density at radius 1 is 0.889 bits per heavy atom. The van der Waals surface area contributed by atoms with Gasteiger partial charge >= 0.3 is 12.2 Å². The van der Waals surface area contributed by atoms with Crippen LogP contribution in [0, 0.1) is 0 Å². The van der Waals surface area contributed by atoms with Crippen molar-refractivity contribution in [2.75, 3.05) is 11.9 Å². The van der Waals surface area contributed by atoms with E-state index in [0.29, 0.717) is 28.0 Å². The molecule has 6 rings (SSSR count). The summed E-state index contributed by atoms with van der Waals surface area (Å²) in [6, 6.07) is 17.6. The molecule has 0 radical (unpaired) electrons. The first-order valence-electron chi connectivity index (χ1n) is 11.2. The highest BCUT2D eigenvalue weighted by Gasteiger charge is 2.35. The van der Waals surface area contributed by atoms with Gasteiger partial charge < -0.3 is 4.90 Å². The molecule has 4 heterocycles. The van der Waals surface area contributed by atoms with Crippen molar-refractivity contribution in [3.63, 3.8) is 0 Å². The molecule has 0 aliphatic carbocycles. The van der Waals surface area contributed by atoms with E-state index in [2.05, 4.69) is 9.97 Å². The highest BCUT2D eigenvalue weighted by Crippen LogP contribution is 2.41. The predicted molar refractivity (Wildman–Crippen MR) is 131 cm³/mol. The molecule has 2 aromatic carbocycles. The predicted octanol–water partition coefficient (Wildman–Crippen LogP) is 6.57. The van der Waals surface area contributed by atoms with Crippen molar-refractivity contribution in [2.24, 2.45) is 0 Å². The number of pyridine rings is 3. The van der Waals surface area contributed by atoms with E-state index in [1.54, 1.807) is 25.5 Å². The number of amides is 2. The number of hydrogen-bond acceptors (Lipinski definition) is 4. The van der Waals surface area contributed by atoms with Gasteiger partial charge in [0, 0.05) is 36.0 Å². The van der Waals surface area contributed by atoms with E-state index in [9.17, 15) is 18.0 Å². The lowest BCUT2D eigenvalue weighted by Gasteiger charge is -2.35. The average molecular weight is 485 g/mol. The molecule has 0 N–H and O–H groups in total. The molecule has 0 fully saturated rings. The first-order valence-corrected chi connectivity index (χ1v) is 11.2. The van der Waals surface area contributed by atoms with Gasteiger partial charge in [0.2, 0.25) is 0 Å². The molecule has 178 valence electrons. The minimum atomic E-state index is -4.54. The molecule has 0 saturated heterocycles. The number of nitrogens with zero attached hydrogens (tertiary/aromatic N) is 5. The molecule has 3 aromatic heterocycles. The molecule has 0 saturated carbocycles. The first-order chi connectivity index (χ1) is 17.3. The molecule has 2 amide bonds. The third-order valence-corrected chi connectivity index (χ3v) is 6.23. The number of urea groups is 1. The van der Waals surface area contributed by atoms with Crippen LogP contribution < -0.4 is 4.90 Å². The molecule has 36 heavy (non-hydrogen) atoms. The average Bonchev–Trinajstić information content (AvgIpc) is 2.88. The third kappa shape index (κ3) is 3.60. The van der Waals surface area contributed by atoms with E-state index in [1.807, 2.05) is 36.4 Å². The maximum Gasteiger partial charge on any atom is 0.416 e. The van der Waals surface area contributed by atoms with Crippen LogP contribution in [0.5, 0.6) is 0 Å². The van der Waals surface area contributed by atoms with Gasteiger partial charge in [-0.25, -0.2) is 9.78 Å². The smallest absolute Gasteiger partial charge is 0.323 e. The number of aromatic nitrogens is 3. The van der Waals surface area contributed by atoms with Gasteiger partial charge in [0.1, 0.15) is 5.52 Å². The van der Waals surface area contributed by atoms with Crippen molar-refractivity contribution >= 4 is 39.3 Å². The number of rotatable bonds is 2.